The Morgan fingerprint density at radius 1 is 1.29 bits per heavy atom. The Morgan fingerprint density at radius 3 is 2.64 bits per heavy atom. The van der Waals surface area contributed by atoms with E-state index in [2.05, 4.69) is 10.1 Å². The van der Waals surface area contributed by atoms with Crippen molar-refractivity contribution in [2.75, 3.05) is 12.7 Å². The fourth-order valence-corrected chi connectivity index (χ4v) is 7.24. The van der Waals surface area contributed by atoms with Gasteiger partial charge in [-0.2, -0.15) is 0 Å². The number of aliphatic hydroxyl groups is 2. The minimum absolute atomic E-state index is 0.0283. The van der Waals surface area contributed by atoms with Crippen molar-refractivity contribution in [1.29, 1.82) is 0 Å². The van der Waals surface area contributed by atoms with Crippen molar-refractivity contribution in [1.82, 2.24) is 10.1 Å². The Labute approximate surface area is 252 Å². The number of hydrogen-bond acceptors (Lipinski definition) is 10. The van der Waals surface area contributed by atoms with Gasteiger partial charge in [-0.3, -0.25) is 14.2 Å². The summed E-state index contributed by atoms with van der Waals surface area (Å²) in [4.78, 5) is 40.8. The van der Waals surface area contributed by atoms with Crippen LogP contribution in [0.3, 0.4) is 0 Å². The first-order chi connectivity index (χ1) is 19.5. The molecule has 0 spiro atoms. The summed E-state index contributed by atoms with van der Waals surface area (Å²) in [7, 11) is -3.53. The third-order valence-electron chi connectivity index (χ3n) is 8.77. The molecule has 13 heteroatoms. The van der Waals surface area contributed by atoms with E-state index in [-0.39, 0.29) is 49.1 Å². The highest BCUT2D eigenvalue weighted by atomic mass is 32.1. The number of hydrogen-bond donors (Lipinski definition) is 5. The van der Waals surface area contributed by atoms with Crippen molar-refractivity contribution < 1.29 is 38.7 Å². The van der Waals surface area contributed by atoms with Crippen LogP contribution < -0.4 is 10.8 Å². The molecule has 0 aliphatic carbocycles. The molecule has 2 aliphatic rings. The second-order valence-electron chi connectivity index (χ2n) is 12.7. The Balaban J connectivity index is 1.80. The summed E-state index contributed by atoms with van der Waals surface area (Å²) in [5.74, 6) is -1.75. The third-order valence-corrected chi connectivity index (χ3v) is 11.2. The molecule has 42 heavy (non-hydrogen) atoms. The zero-order chi connectivity index (χ0) is 31.5. The van der Waals surface area contributed by atoms with Gasteiger partial charge in [-0.15, -0.1) is 11.3 Å². The summed E-state index contributed by atoms with van der Waals surface area (Å²) in [5.41, 5.74) is 5.11. The van der Waals surface area contributed by atoms with Gasteiger partial charge in [-0.25, -0.2) is 10.1 Å². The molecule has 1 aromatic heterocycles. The van der Waals surface area contributed by atoms with E-state index in [1.54, 1.807) is 20.8 Å². The van der Waals surface area contributed by atoms with E-state index in [4.69, 9.17) is 15.2 Å². The number of carbonyl (C=O) groups excluding carboxylic acids is 2. The molecule has 2 aliphatic heterocycles. The molecule has 1 aromatic rings. The number of Topliss-reactive ketones (excluding diaryl/α,β-unsaturated/α-hetero) is 1. The summed E-state index contributed by atoms with van der Waals surface area (Å²) >= 11 is 1.34. The molecule has 11 nitrogen and oxygen atoms in total. The van der Waals surface area contributed by atoms with Crippen LogP contribution in [0.1, 0.15) is 84.3 Å². The van der Waals surface area contributed by atoms with Crippen LogP contribution in [0.15, 0.2) is 11.0 Å². The highest BCUT2D eigenvalue weighted by Crippen LogP contribution is 2.45. The van der Waals surface area contributed by atoms with Gasteiger partial charge in [-0.05, 0) is 44.3 Å². The number of thiazole rings is 1. The van der Waals surface area contributed by atoms with Gasteiger partial charge >= 0.3 is 5.97 Å². The Kier molecular flexibility index (Phi) is 11.7. The number of aliphatic hydroxyl groups excluding tert-OH is 2. The molecule has 0 bridgehead atoms. The van der Waals surface area contributed by atoms with Crippen molar-refractivity contribution in [3.8, 4) is 0 Å². The van der Waals surface area contributed by atoms with Gasteiger partial charge in [0.1, 0.15) is 16.9 Å². The zero-order valence-electron chi connectivity index (χ0n) is 25.5. The van der Waals surface area contributed by atoms with Gasteiger partial charge in [0.15, 0.2) is 0 Å². The monoisotopic (exact) mass is 629 g/mol. The highest BCUT2D eigenvalue weighted by Gasteiger charge is 2.53. The molecule has 2 saturated heterocycles. The maximum Gasteiger partial charge on any atom is 0.309 e. The largest absolute Gasteiger partial charge is 0.458 e. The fourth-order valence-electron chi connectivity index (χ4n) is 5.54. The van der Waals surface area contributed by atoms with E-state index in [0.29, 0.717) is 17.1 Å². The Morgan fingerprint density at radius 2 is 1.98 bits per heavy atom. The van der Waals surface area contributed by atoms with Gasteiger partial charge in [-0.1, -0.05) is 34.1 Å². The summed E-state index contributed by atoms with van der Waals surface area (Å²) in [5, 5.41) is 26.9. The van der Waals surface area contributed by atoms with E-state index >= 15 is 0 Å². The van der Waals surface area contributed by atoms with Crippen LogP contribution in [-0.2, 0) is 30.2 Å². The SMILES string of the molecule is C/C(=C\c1csc(CNP(=O)(O)CCN)n1)C1C[C@H]2O[C@@]2(C)CCCC(C)[C@@H](O)[C@H](C)C(=O)C(C)(C)C(O)CC(=O)O1. The van der Waals surface area contributed by atoms with Crippen molar-refractivity contribution in [2.45, 2.75) is 110 Å². The first-order valence-corrected chi connectivity index (χ1v) is 17.4. The number of epoxide rings is 1. The third kappa shape index (κ3) is 9.01. The summed E-state index contributed by atoms with van der Waals surface area (Å²) in [6.45, 7) is 10.9. The van der Waals surface area contributed by atoms with Crippen molar-refractivity contribution in [3.63, 3.8) is 0 Å². The van der Waals surface area contributed by atoms with Crippen LogP contribution >= 0.6 is 18.9 Å². The Hall–Kier alpha value is -1.50. The van der Waals surface area contributed by atoms with E-state index in [1.807, 2.05) is 32.2 Å². The first kappa shape index (κ1) is 35.0. The van der Waals surface area contributed by atoms with Gasteiger partial charge < -0.3 is 30.3 Å². The lowest BCUT2D eigenvalue weighted by molar-refractivity contribution is -0.154. The number of nitrogens with two attached hydrogens (primary N) is 1. The van der Waals surface area contributed by atoms with Crippen LogP contribution in [0, 0.1) is 17.3 Å². The van der Waals surface area contributed by atoms with Gasteiger partial charge in [0.25, 0.3) is 7.52 Å². The van der Waals surface area contributed by atoms with E-state index in [9.17, 15) is 29.3 Å². The molecule has 3 rings (SSSR count). The molecule has 238 valence electrons. The van der Waals surface area contributed by atoms with Crippen LogP contribution in [0.4, 0.5) is 0 Å². The quantitative estimate of drug-likeness (QED) is 0.169. The molecule has 0 aromatic carbocycles. The molecule has 2 fully saturated rings. The van der Waals surface area contributed by atoms with Gasteiger partial charge in [0.2, 0.25) is 0 Å². The van der Waals surface area contributed by atoms with Crippen LogP contribution in [0.5, 0.6) is 0 Å². The molecular weight excluding hydrogens is 581 g/mol. The molecule has 6 N–H and O–H groups in total. The predicted molar refractivity (Wildman–Crippen MR) is 162 cm³/mol. The number of rotatable bonds is 7. The smallest absolute Gasteiger partial charge is 0.309 e. The molecule has 0 radical (unpaired) electrons. The second kappa shape index (κ2) is 14.1. The Bertz CT molecular complexity index is 1190. The van der Waals surface area contributed by atoms with Gasteiger partial charge in [0, 0.05) is 24.3 Å². The maximum absolute atomic E-state index is 13.3. The maximum atomic E-state index is 13.3. The number of ketones is 1. The van der Waals surface area contributed by atoms with E-state index in [1.165, 1.54) is 11.3 Å². The lowest BCUT2D eigenvalue weighted by Crippen LogP contribution is -2.45. The highest BCUT2D eigenvalue weighted by molar-refractivity contribution is 7.55. The van der Waals surface area contributed by atoms with E-state index < -0.39 is 43.1 Å². The number of nitrogens with zero attached hydrogens (tertiary/aromatic N) is 1. The van der Waals surface area contributed by atoms with E-state index in [0.717, 1.165) is 24.8 Å². The molecule has 0 saturated carbocycles. The zero-order valence-corrected chi connectivity index (χ0v) is 27.2. The number of cyclic esters (lactones) is 1. The molecule has 3 heterocycles. The lowest BCUT2D eigenvalue weighted by atomic mass is 9.73. The van der Waals surface area contributed by atoms with Crippen molar-refractivity contribution >= 4 is 36.7 Å². The standard InChI is InChI=1S/C29H48N3O8PS/c1-17-8-7-9-29(6)23(40-29)13-21(39-25(34)14-22(33)28(4,5)27(36)19(3)26(17)35)18(2)12-20-16-42-24(32-20)15-31-41(37,38)11-10-30/h12,16-17,19,21-23,26,33,35H,7-11,13-15,30H2,1-6H3,(H2,31,37,38)/b18-12+/t17?,19-,21?,22?,23+,26+,29-/m0/s1. The molecule has 8 atom stereocenters. The minimum atomic E-state index is -3.53. The number of carbonyl (C=O) groups is 2. The number of ether oxygens (including phenoxy) is 2. The number of esters is 1. The van der Waals surface area contributed by atoms with Crippen LogP contribution in [-0.4, -0.2) is 74.6 Å². The minimum Gasteiger partial charge on any atom is -0.458 e. The average Bonchev–Trinajstić information content (AvgIpc) is 3.31. The summed E-state index contributed by atoms with van der Waals surface area (Å²) in [6, 6.07) is 0. The van der Waals surface area contributed by atoms with Gasteiger partial charge in [0.05, 0.1) is 54.1 Å². The molecular formula is C29H48N3O8PS. The topological polar surface area (TPSA) is 185 Å². The fraction of sp³-hybridized carbons (Fsp3) is 0.759. The first-order valence-electron chi connectivity index (χ1n) is 14.7. The average molecular weight is 630 g/mol. The molecule has 4 unspecified atom stereocenters. The summed E-state index contributed by atoms with van der Waals surface area (Å²) < 4.78 is 24.0. The molecule has 0 amide bonds. The van der Waals surface area contributed by atoms with Crippen LogP contribution in [0.25, 0.3) is 6.08 Å². The number of aromatic nitrogens is 1. The number of nitrogens with one attached hydrogen (secondary N) is 1. The predicted octanol–water partition coefficient (Wildman–Crippen LogP) is 3.40. The lowest BCUT2D eigenvalue weighted by Gasteiger charge is -2.34. The van der Waals surface area contributed by atoms with Crippen molar-refractivity contribution in [2.24, 2.45) is 23.0 Å². The van der Waals surface area contributed by atoms with Crippen molar-refractivity contribution in [3.05, 3.63) is 21.7 Å². The number of fused-ring (bicyclic) bond motifs is 1. The summed E-state index contributed by atoms with van der Waals surface area (Å²) in [6.07, 6.45) is 1.20. The normalized spacial score (nSPS) is 34.8. The second-order valence-corrected chi connectivity index (χ2v) is 15.8. The van der Waals surface area contributed by atoms with Crippen LogP contribution in [0.2, 0.25) is 0 Å².